The largest absolute Gasteiger partial charge is 0.479 e. The Morgan fingerprint density at radius 2 is 1.62 bits per heavy atom. The molecule has 0 radical (unpaired) electrons. The summed E-state index contributed by atoms with van der Waals surface area (Å²) in [4.78, 5) is 44.9. The monoisotopic (exact) mass is 304 g/mol. The van der Waals surface area contributed by atoms with Crippen LogP contribution in [0.1, 0.15) is 41.0 Å². The molecule has 0 aromatic rings. The standard InChI is InChI=1S/C13H20O8/c1-7(11(16)17)19-10(15)6-9(20-8(2)14)12(18)21-13(3,4)5/h7,9H,6H2,1-5H3,(H,16,17)/t7-,9-/m0/s1. The molecule has 0 unspecified atom stereocenters. The molecular formula is C13H20O8. The van der Waals surface area contributed by atoms with E-state index in [4.69, 9.17) is 14.6 Å². The highest BCUT2D eigenvalue weighted by molar-refractivity contribution is 5.85. The molecule has 0 amide bonds. The maximum Gasteiger partial charge on any atom is 0.348 e. The van der Waals surface area contributed by atoms with Crippen LogP contribution in [0.15, 0.2) is 0 Å². The van der Waals surface area contributed by atoms with E-state index in [2.05, 4.69) is 4.74 Å². The number of esters is 3. The summed E-state index contributed by atoms with van der Waals surface area (Å²) >= 11 is 0. The topological polar surface area (TPSA) is 116 Å². The van der Waals surface area contributed by atoms with Gasteiger partial charge in [-0.3, -0.25) is 9.59 Å². The molecule has 8 heteroatoms. The van der Waals surface area contributed by atoms with E-state index in [0.29, 0.717) is 0 Å². The average Bonchev–Trinajstić information content (AvgIpc) is 2.24. The van der Waals surface area contributed by atoms with Crippen molar-refractivity contribution in [3.63, 3.8) is 0 Å². The first-order valence-electron chi connectivity index (χ1n) is 6.24. The highest BCUT2D eigenvalue weighted by Gasteiger charge is 2.31. The molecule has 120 valence electrons. The molecule has 0 saturated heterocycles. The van der Waals surface area contributed by atoms with Gasteiger partial charge < -0.3 is 19.3 Å². The van der Waals surface area contributed by atoms with E-state index >= 15 is 0 Å². The first-order valence-corrected chi connectivity index (χ1v) is 6.24. The Morgan fingerprint density at radius 1 is 1.10 bits per heavy atom. The number of carboxylic acids is 1. The van der Waals surface area contributed by atoms with Crippen molar-refractivity contribution in [3.8, 4) is 0 Å². The molecule has 0 aliphatic rings. The zero-order chi connectivity index (χ0) is 16.8. The summed E-state index contributed by atoms with van der Waals surface area (Å²) in [6.07, 6.45) is -3.46. The van der Waals surface area contributed by atoms with Gasteiger partial charge in [0.05, 0.1) is 6.42 Å². The van der Waals surface area contributed by atoms with Crippen molar-refractivity contribution in [2.24, 2.45) is 0 Å². The number of carbonyl (C=O) groups excluding carboxylic acids is 3. The third-order valence-corrected chi connectivity index (χ3v) is 1.99. The summed E-state index contributed by atoms with van der Waals surface area (Å²) in [7, 11) is 0. The number of ether oxygens (including phenoxy) is 3. The van der Waals surface area contributed by atoms with Crippen LogP contribution in [0.3, 0.4) is 0 Å². The summed E-state index contributed by atoms with van der Waals surface area (Å²) in [5.74, 6) is -3.99. The number of carbonyl (C=O) groups is 4. The van der Waals surface area contributed by atoms with Gasteiger partial charge in [-0.25, -0.2) is 9.59 Å². The Morgan fingerprint density at radius 3 is 2.00 bits per heavy atom. The predicted octanol–water partition coefficient (Wildman–Crippen LogP) is 0.666. The molecule has 0 aliphatic heterocycles. The minimum atomic E-state index is -1.48. The zero-order valence-electron chi connectivity index (χ0n) is 12.7. The fourth-order valence-corrected chi connectivity index (χ4v) is 1.19. The molecular weight excluding hydrogens is 284 g/mol. The van der Waals surface area contributed by atoms with Gasteiger partial charge >= 0.3 is 23.9 Å². The molecule has 8 nitrogen and oxygen atoms in total. The quantitative estimate of drug-likeness (QED) is 0.562. The van der Waals surface area contributed by atoms with E-state index in [0.717, 1.165) is 13.8 Å². The van der Waals surface area contributed by atoms with Crippen LogP contribution in [-0.2, 0) is 33.4 Å². The molecule has 0 rings (SSSR count). The fourth-order valence-electron chi connectivity index (χ4n) is 1.19. The number of hydrogen-bond acceptors (Lipinski definition) is 7. The average molecular weight is 304 g/mol. The van der Waals surface area contributed by atoms with Gasteiger partial charge in [0.1, 0.15) is 5.60 Å². The smallest absolute Gasteiger partial charge is 0.348 e. The molecule has 1 N–H and O–H groups in total. The highest BCUT2D eigenvalue weighted by atomic mass is 16.6. The van der Waals surface area contributed by atoms with E-state index in [-0.39, 0.29) is 0 Å². The molecule has 0 spiro atoms. The molecule has 21 heavy (non-hydrogen) atoms. The SMILES string of the molecule is CC(=O)O[C@@H](CC(=O)O[C@@H](C)C(=O)O)C(=O)OC(C)(C)C. The molecule has 0 saturated carbocycles. The second kappa shape index (κ2) is 7.61. The van der Waals surface area contributed by atoms with Crippen LogP contribution in [-0.4, -0.2) is 46.8 Å². The van der Waals surface area contributed by atoms with Gasteiger partial charge in [0.2, 0.25) is 6.10 Å². The zero-order valence-corrected chi connectivity index (χ0v) is 12.7. The van der Waals surface area contributed by atoms with Gasteiger partial charge in [-0.05, 0) is 27.7 Å². The Labute approximate surface area is 122 Å². The summed E-state index contributed by atoms with van der Waals surface area (Å²) < 4.78 is 14.3. The van der Waals surface area contributed by atoms with Gasteiger partial charge in [0.25, 0.3) is 0 Å². The van der Waals surface area contributed by atoms with Crippen molar-refractivity contribution >= 4 is 23.9 Å². The molecule has 0 fully saturated rings. The van der Waals surface area contributed by atoms with Crippen molar-refractivity contribution < 1.29 is 38.5 Å². The first-order chi connectivity index (χ1) is 9.42. The fraction of sp³-hybridized carbons (Fsp3) is 0.692. The normalized spacial score (nSPS) is 13.8. The van der Waals surface area contributed by atoms with Gasteiger partial charge in [0, 0.05) is 6.92 Å². The van der Waals surface area contributed by atoms with Crippen LogP contribution in [0, 0.1) is 0 Å². The van der Waals surface area contributed by atoms with Gasteiger partial charge in [-0.2, -0.15) is 0 Å². The molecule has 0 bridgehead atoms. The van der Waals surface area contributed by atoms with E-state index in [1.165, 1.54) is 0 Å². The van der Waals surface area contributed by atoms with Crippen LogP contribution in [0.4, 0.5) is 0 Å². The van der Waals surface area contributed by atoms with Crippen molar-refractivity contribution in [3.05, 3.63) is 0 Å². The predicted molar refractivity (Wildman–Crippen MR) is 69.2 cm³/mol. The van der Waals surface area contributed by atoms with Crippen LogP contribution >= 0.6 is 0 Å². The second-order valence-corrected chi connectivity index (χ2v) is 5.31. The summed E-state index contributed by atoms with van der Waals surface area (Å²) in [5, 5.41) is 8.62. The first kappa shape index (κ1) is 18.9. The van der Waals surface area contributed by atoms with E-state index < -0.39 is 48.1 Å². The second-order valence-electron chi connectivity index (χ2n) is 5.31. The Bertz CT molecular complexity index is 420. The number of aliphatic carboxylic acids is 1. The molecule has 2 atom stereocenters. The van der Waals surface area contributed by atoms with Crippen molar-refractivity contribution in [2.75, 3.05) is 0 Å². The highest BCUT2D eigenvalue weighted by Crippen LogP contribution is 2.13. The molecule has 0 aromatic heterocycles. The van der Waals surface area contributed by atoms with Crippen LogP contribution in [0.2, 0.25) is 0 Å². The van der Waals surface area contributed by atoms with Crippen LogP contribution in [0.5, 0.6) is 0 Å². The van der Waals surface area contributed by atoms with Gasteiger partial charge in [-0.15, -0.1) is 0 Å². The lowest BCUT2D eigenvalue weighted by molar-refractivity contribution is -0.179. The maximum atomic E-state index is 11.8. The lowest BCUT2D eigenvalue weighted by Crippen LogP contribution is -2.37. The van der Waals surface area contributed by atoms with Crippen molar-refractivity contribution in [2.45, 2.75) is 58.8 Å². The Kier molecular flexibility index (Phi) is 6.84. The third-order valence-electron chi connectivity index (χ3n) is 1.99. The Balaban J connectivity index is 4.77. The van der Waals surface area contributed by atoms with Crippen LogP contribution < -0.4 is 0 Å². The van der Waals surface area contributed by atoms with Gasteiger partial charge in [-0.1, -0.05) is 0 Å². The number of hydrogen-bond donors (Lipinski definition) is 1. The molecule has 0 heterocycles. The maximum absolute atomic E-state index is 11.8. The summed E-state index contributed by atoms with van der Waals surface area (Å²) in [5.41, 5.74) is -0.826. The summed E-state index contributed by atoms with van der Waals surface area (Å²) in [6.45, 7) is 7.07. The summed E-state index contributed by atoms with van der Waals surface area (Å²) in [6, 6.07) is 0. The van der Waals surface area contributed by atoms with E-state index in [1.807, 2.05) is 0 Å². The number of carboxylic acid groups (broad SMARTS) is 1. The lowest BCUT2D eigenvalue weighted by atomic mass is 10.2. The van der Waals surface area contributed by atoms with E-state index in [1.54, 1.807) is 20.8 Å². The molecule has 0 aliphatic carbocycles. The van der Waals surface area contributed by atoms with Crippen molar-refractivity contribution in [1.82, 2.24) is 0 Å². The van der Waals surface area contributed by atoms with Crippen molar-refractivity contribution in [1.29, 1.82) is 0 Å². The third kappa shape index (κ3) is 8.61. The Hall–Kier alpha value is -2.12. The van der Waals surface area contributed by atoms with Crippen LogP contribution in [0.25, 0.3) is 0 Å². The molecule has 0 aromatic carbocycles. The van der Waals surface area contributed by atoms with E-state index in [9.17, 15) is 19.2 Å². The number of rotatable bonds is 6. The lowest BCUT2D eigenvalue weighted by Gasteiger charge is -2.23. The minimum Gasteiger partial charge on any atom is -0.479 e. The minimum absolute atomic E-state index is 0.619. The van der Waals surface area contributed by atoms with Gasteiger partial charge in [0.15, 0.2) is 6.10 Å².